The molecule has 1 spiro atoms. The maximum atomic E-state index is 5.77. The summed E-state index contributed by atoms with van der Waals surface area (Å²) in [5.74, 6) is 1.18. The predicted molar refractivity (Wildman–Crippen MR) is 89.7 cm³/mol. The molecule has 2 saturated heterocycles. The van der Waals surface area contributed by atoms with Crippen molar-refractivity contribution in [1.29, 1.82) is 0 Å². The van der Waals surface area contributed by atoms with Crippen LogP contribution in [0.1, 0.15) is 18.5 Å². The summed E-state index contributed by atoms with van der Waals surface area (Å²) in [6, 6.07) is 7.75. The number of hydrogen-bond acceptors (Lipinski definition) is 7. The van der Waals surface area contributed by atoms with Crippen LogP contribution in [0.5, 0.6) is 0 Å². The summed E-state index contributed by atoms with van der Waals surface area (Å²) >= 11 is 0. The second-order valence-electron chi connectivity index (χ2n) is 6.01. The molecule has 0 unspecified atom stereocenters. The molecule has 0 radical (unpaired) electrons. The zero-order valence-corrected chi connectivity index (χ0v) is 13.5. The van der Waals surface area contributed by atoms with Crippen molar-refractivity contribution < 1.29 is 9.47 Å². The van der Waals surface area contributed by atoms with Gasteiger partial charge in [0.25, 0.3) is 0 Å². The molecule has 0 saturated carbocycles. The van der Waals surface area contributed by atoms with Gasteiger partial charge in [-0.2, -0.15) is 4.98 Å². The number of nitrogens with zero attached hydrogens (tertiary/aromatic N) is 4. The van der Waals surface area contributed by atoms with E-state index in [2.05, 4.69) is 25.2 Å². The summed E-state index contributed by atoms with van der Waals surface area (Å²) in [4.78, 5) is 15.5. The SMILES string of the molecule is c1ccc(CNc2ccnc(N3CCC4(CC3)OCCO4)n2)nc1. The van der Waals surface area contributed by atoms with Crippen molar-refractivity contribution in [3.05, 3.63) is 42.4 Å². The molecular formula is C17H21N5O2. The van der Waals surface area contributed by atoms with E-state index in [1.54, 1.807) is 12.4 Å². The second-order valence-corrected chi connectivity index (χ2v) is 6.01. The lowest BCUT2D eigenvalue weighted by Gasteiger charge is -2.37. The average molecular weight is 327 g/mol. The Labute approximate surface area is 141 Å². The fourth-order valence-corrected chi connectivity index (χ4v) is 3.12. The summed E-state index contributed by atoms with van der Waals surface area (Å²) in [7, 11) is 0. The number of hydrogen-bond donors (Lipinski definition) is 1. The van der Waals surface area contributed by atoms with Crippen molar-refractivity contribution in [2.75, 3.05) is 36.5 Å². The fraction of sp³-hybridized carbons (Fsp3) is 0.471. The Bertz CT molecular complexity index is 666. The molecule has 0 aromatic carbocycles. The minimum atomic E-state index is -0.370. The van der Waals surface area contributed by atoms with Crippen LogP contribution in [-0.2, 0) is 16.0 Å². The zero-order valence-electron chi connectivity index (χ0n) is 13.5. The smallest absolute Gasteiger partial charge is 0.227 e. The van der Waals surface area contributed by atoms with E-state index in [-0.39, 0.29) is 5.79 Å². The minimum absolute atomic E-state index is 0.370. The monoisotopic (exact) mass is 327 g/mol. The molecule has 2 aliphatic heterocycles. The van der Waals surface area contributed by atoms with E-state index in [0.29, 0.717) is 19.8 Å². The summed E-state index contributed by atoms with van der Waals surface area (Å²) in [6.45, 7) is 3.71. The summed E-state index contributed by atoms with van der Waals surface area (Å²) in [5, 5.41) is 3.30. The van der Waals surface area contributed by atoms with Gasteiger partial charge in [0.15, 0.2) is 5.79 Å². The Morgan fingerprint density at radius 1 is 1.04 bits per heavy atom. The molecule has 0 atom stereocenters. The number of nitrogens with one attached hydrogen (secondary N) is 1. The van der Waals surface area contributed by atoms with Crippen LogP contribution < -0.4 is 10.2 Å². The van der Waals surface area contributed by atoms with Gasteiger partial charge in [0.05, 0.1) is 25.5 Å². The molecule has 2 fully saturated rings. The lowest BCUT2D eigenvalue weighted by atomic mass is 10.0. The average Bonchev–Trinajstić information content (AvgIpc) is 3.10. The van der Waals surface area contributed by atoms with Crippen molar-refractivity contribution in [3.8, 4) is 0 Å². The topological polar surface area (TPSA) is 72.4 Å². The van der Waals surface area contributed by atoms with Crippen LogP contribution in [0, 0.1) is 0 Å². The van der Waals surface area contributed by atoms with E-state index in [0.717, 1.165) is 43.4 Å². The number of ether oxygens (including phenoxy) is 2. The van der Waals surface area contributed by atoms with Gasteiger partial charge in [0, 0.05) is 38.3 Å². The highest BCUT2D eigenvalue weighted by atomic mass is 16.7. The van der Waals surface area contributed by atoms with Crippen molar-refractivity contribution in [2.45, 2.75) is 25.2 Å². The van der Waals surface area contributed by atoms with Gasteiger partial charge in [-0.3, -0.25) is 4.98 Å². The molecule has 1 N–H and O–H groups in total. The van der Waals surface area contributed by atoms with Crippen LogP contribution in [0.4, 0.5) is 11.8 Å². The summed E-state index contributed by atoms with van der Waals surface area (Å²) < 4.78 is 11.5. The molecule has 2 aromatic heterocycles. The molecule has 7 nitrogen and oxygen atoms in total. The lowest BCUT2D eigenvalue weighted by molar-refractivity contribution is -0.169. The van der Waals surface area contributed by atoms with Crippen molar-refractivity contribution in [1.82, 2.24) is 15.0 Å². The van der Waals surface area contributed by atoms with E-state index in [1.165, 1.54) is 0 Å². The molecule has 7 heteroatoms. The van der Waals surface area contributed by atoms with Gasteiger partial charge in [0.1, 0.15) is 5.82 Å². The minimum Gasteiger partial charge on any atom is -0.364 e. The standard InChI is InChI=1S/C17H21N5O2/c1-2-7-18-14(3-1)13-20-15-4-8-19-16(21-15)22-9-5-17(6-10-22)23-11-12-24-17/h1-4,7-8H,5-6,9-13H2,(H,19,20,21). The molecule has 2 aliphatic rings. The number of aromatic nitrogens is 3. The van der Waals surface area contributed by atoms with Gasteiger partial charge in [-0.25, -0.2) is 4.98 Å². The van der Waals surface area contributed by atoms with Crippen LogP contribution in [-0.4, -0.2) is 47.0 Å². The van der Waals surface area contributed by atoms with E-state index in [1.807, 2.05) is 24.3 Å². The van der Waals surface area contributed by atoms with E-state index < -0.39 is 0 Å². The molecule has 4 heterocycles. The lowest BCUT2D eigenvalue weighted by Crippen LogP contribution is -2.45. The van der Waals surface area contributed by atoms with Gasteiger partial charge < -0.3 is 19.7 Å². The van der Waals surface area contributed by atoms with Crippen LogP contribution in [0.3, 0.4) is 0 Å². The number of piperidine rings is 1. The molecule has 2 aromatic rings. The van der Waals surface area contributed by atoms with Crippen LogP contribution in [0.2, 0.25) is 0 Å². The van der Waals surface area contributed by atoms with E-state index in [4.69, 9.17) is 9.47 Å². The molecule has 0 aliphatic carbocycles. The van der Waals surface area contributed by atoms with Gasteiger partial charge in [-0.1, -0.05) is 6.07 Å². The maximum absolute atomic E-state index is 5.77. The quantitative estimate of drug-likeness (QED) is 0.918. The molecule has 126 valence electrons. The second kappa shape index (κ2) is 6.70. The zero-order chi connectivity index (χ0) is 16.2. The Balaban J connectivity index is 1.38. The number of pyridine rings is 1. The highest BCUT2D eigenvalue weighted by Gasteiger charge is 2.40. The van der Waals surface area contributed by atoms with Crippen molar-refractivity contribution >= 4 is 11.8 Å². The Morgan fingerprint density at radius 2 is 1.88 bits per heavy atom. The third-order valence-electron chi connectivity index (χ3n) is 4.44. The van der Waals surface area contributed by atoms with Gasteiger partial charge in [-0.05, 0) is 18.2 Å². The summed E-state index contributed by atoms with van der Waals surface area (Å²) in [5.41, 5.74) is 0.980. The Morgan fingerprint density at radius 3 is 2.62 bits per heavy atom. The first-order chi connectivity index (χ1) is 11.8. The molecule has 0 bridgehead atoms. The molecule has 4 rings (SSSR count). The van der Waals surface area contributed by atoms with Crippen molar-refractivity contribution in [2.24, 2.45) is 0 Å². The Hall–Kier alpha value is -2.25. The molecule has 0 amide bonds. The summed E-state index contributed by atoms with van der Waals surface area (Å²) in [6.07, 6.45) is 5.28. The highest BCUT2D eigenvalue weighted by Crippen LogP contribution is 2.32. The Kier molecular flexibility index (Phi) is 4.27. The van der Waals surface area contributed by atoms with Crippen LogP contribution in [0.15, 0.2) is 36.7 Å². The third kappa shape index (κ3) is 3.32. The first kappa shape index (κ1) is 15.3. The maximum Gasteiger partial charge on any atom is 0.227 e. The van der Waals surface area contributed by atoms with Crippen LogP contribution in [0.25, 0.3) is 0 Å². The van der Waals surface area contributed by atoms with Gasteiger partial charge in [-0.15, -0.1) is 0 Å². The molecule has 24 heavy (non-hydrogen) atoms. The van der Waals surface area contributed by atoms with E-state index >= 15 is 0 Å². The van der Waals surface area contributed by atoms with Gasteiger partial charge in [0.2, 0.25) is 5.95 Å². The first-order valence-corrected chi connectivity index (χ1v) is 8.33. The van der Waals surface area contributed by atoms with Crippen molar-refractivity contribution in [3.63, 3.8) is 0 Å². The predicted octanol–water partition coefficient (Wildman–Crippen LogP) is 1.83. The van der Waals surface area contributed by atoms with Gasteiger partial charge >= 0.3 is 0 Å². The molecular weight excluding hydrogens is 306 g/mol. The highest BCUT2D eigenvalue weighted by molar-refractivity contribution is 5.41. The van der Waals surface area contributed by atoms with E-state index in [9.17, 15) is 0 Å². The normalized spacial score (nSPS) is 19.6. The number of anilines is 2. The van der Waals surface area contributed by atoms with Crippen LogP contribution >= 0.6 is 0 Å². The number of rotatable bonds is 4. The first-order valence-electron chi connectivity index (χ1n) is 8.33. The third-order valence-corrected chi connectivity index (χ3v) is 4.44. The largest absolute Gasteiger partial charge is 0.364 e. The fourth-order valence-electron chi connectivity index (χ4n) is 3.12.